The van der Waals surface area contributed by atoms with Gasteiger partial charge < -0.3 is 11.1 Å². The van der Waals surface area contributed by atoms with E-state index < -0.39 is 21.3 Å². The van der Waals surface area contributed by atoms with Crippen molar-refractivity contribution in [3.63, 3.8) is 0 Å². The zero-order chi connectivity index (χ0) is 8.70. The first-order valence-electron chi connectivity index (χ1n) is 3.11. The second kappa shape index (κ2) is 2.18. The third-order valence-corrected chi connectivity index (χ3v) is 3.54. The largest absolute Gasteiger partial charge is 0.358 e. The van der Waals surface area contributed by atoms with E-state index in [-0.39, 0.29) is 11.5 Å². The van der Waals surface area contributed by atoms with Crippen LogP contribution in [0.25, 0.3) is 0 Å². The highest BCUT2D eigenvalue weighted by molar-refractivity contribution is 7.93. The summed E-state index contributed by atoms with van der Waals surface area (Å²) in [5, 5.41) is 2.32. The van der Waals surface area contributed by atoms with E-state index in [0.717, 1.165) is 0 Å². The molecule has 6 heteroatoms. The number of likely N-dealkylation sites (N-methyl/N-ethyl adjacent to an activating group) is 1. The van der Waals surface area contributed by atoms with Crippen LogP contribution in [0.4, 0.5) is 0 Å². The molecule has 0 bridgehead atoms. The van der Waals surface area contributed by atoms with E-state index in [1.807, 2.05) is 0 Å². The lowest BCUT2D eigenvalue weighted by Gasteiger charge is -2.34. The average Bonchev–Trinajstić information content (AvgIpc) is 1.81. The number of carbonyl (C=O) groups excluding carboxylic acids is 1. The van der Waals surface area contributed by atoms with Gasteiger partial charge in [-0.1, -0.05) is 0 Å². The van der Waals surface area contributed by atoms with Crippen LogP contribution in [0.1, 0.15) is 0 Å². The van der Waals surface area contributed by atoms with Crippen molar-refractivity contribution in [1.29, 1.82) is 0 Å². The number of sulfone groups is 1. The van der Waals surface area contributed by atoms with Gasteiger partial charge in [0.1, 0.15) is 5.54 Å². The van der Waals surface area contributed by atoms with Crippen LogP contribution in [0.5, 0.6) is 0 Å². The monoisotopic (exact) mass is 178 g/mol. The summed E-state index contributed by atoms with van der Waals surface area (Å²) in [5.41, 5.74) is 4.27. The maximum absolute atomic E-state index is 10.9. The maximum atomic E-state index is 10.9. The lowest BCUT2D eigenvalue weighted by Crippen LogP contribution is -2.69. The Bertz CT molecular complexity index is 270. The molecule has 0 aliphatic carbocycles. The molecule has 1 fully saturated rings. The van der Waals surface area contributed by atoms with Crippen molar-refractivity contribution >= 4 is 15.7 Å². The van der Waals surface area contributed by atoms with Gasteiger partial charge in [0, 0.05) is 7.05 Å². The number of nitrogens with one attached hydrogen (secondary N) is 1. The molecule has 1 aliphatic heterocycles. The Morgan fingerprint density at radius 1 is 1.55 bits per heavy atom. The van der Waals surface area contributed by atoms with Gasteiger partial charge in [-0.05, 0) is 0 Å². The third kappa shape index (κ3) is 1.36. The Hall–Kier alpha value is -0.620. The normalized spacial score (nSPS) is 25.3. The number of carbonyl (C=O) groups is 1. The number of rotatable bonds is 1. The van der Waals surface area contributed by atoms with E-state index in [4.69, 9.17) is 5.73 Å². The third-order valence-electron chi connectivity index (χ3n) is 1.63. The Morgan fingerprint density at radius 3 is 2.27 bits per heavy atom. The molecule has 0 saturated carbocycles. The van der Waals surface area contributed by atoms with Crippen LogP contribution >= 0.6 is 0 Å². The topological polar surface area (TPSA) is 89.3 Å². The Labute approximate surface area is 64.9 Å². The molecule has 1 rings (SSSR count). The minimum atomic E-state index is -3.03. The molecule has 0 aromatic rings. The van der Waals surface area contributed by atoms with Gasteiger partial charge in [0.25, 0.3) is 0 Å². The van der Waals surface area contributed by atoms with Crippen molar-refractivity contribution in [2.75, 3.05) is 18.6 Å². The smallest absolute Gasteiger partial charge is 0.241 e. The molecule has 1 saturated heterocycles. The molecule has 0 atom stereocenters. The summed E-state index contributed by atoms with van der Waals surface area (Å²) in [5.74, 6) is -0.883. The lowest BCUT2D eigenvalue weighted by atomic mass is 10.1. The van der Waals surface area contributed by atoms with E-state index in [9.17, 15) is 13.2 Å². The summed E-state index contributed by atoms with van der Waals surface area (Å²) in [6.07, 6.45) is 0. The van der Waals surface area contributed by atoms with Gasteiger partial charge in [0.15, 0.2) is 9.84 Å². The van der Waals surface area contributed by atoms with Gasteiger partial charge in [-0.2, -0.15) is 0 Å². The van der Waals surface area contributed by atoms with Crippen molar-refractivity contribution < 1.29 is 13.2 Å². The zero-order valence-corrected chi connectivity index (χ0v) is 6.94. The summed E-state index contributed by atoms with van der Waals surface area (Å²) in [6.45, 7) is 0. The Kier molecular flexibility index (Phi) is 1.68. The molecule has 11 heavy (non-hydrogen) atoms. The van der Waals surface area contributed by atoms with Gasteiger partial charge in [-0.3, -0.25) is 4.79 Å². The lowest BCUT2D eigenvalue weighted by molar-refractivity contribution is -0.124. The van der Waals surface area contributed by atoms with E-state index in [0.29, 0.717) is 0 Å². The second-order valence-corrected chi connectivity index (χ2v) is 4.83. The molecular formula is C5H10N2O3S. The van der Waals surface area contributed by atoms with Crippen molar-refractivity contribution in [1.82, 2.24) is 5.32 Å². The molecule has 5 nitrogen and oxygen atoms in total. The fraction of sp³-hybridized carbons (Fsp3) is 0.800. The van der Waals surface area contributed by atoms with Crippen LogP contribution in [0.15, 0.2) is 0 Å². The van der Waals surface area contributed by atoms with Gasteiger partial charge in [-0.25, -0.2) is 8.42 Å². The molecule has 0 aromatic heterocycles. The Morgan fingerprint density at radius 2 is 2.00 bits per heavy atom. The first kappa shape index (κ1) is 8.48. The predicted octanol–water partition coefficient (Wildman–Crippen LogP) is -2.14. The van der Waals surface area contributed by atoms with Gasteiger partial charge >= 0.3 is 0 Å². The van der Waals surface area contributed by atoms with Crippen molar-refractivity contribution in [3.05, 3.63) is 0 Å². The number of hydrogen-bond donors (Lipinski definition) is 2. The molecular weight excluding hydrogens is 168 g/mol. The first-order valence-corrected chi connectivity index (χ1v) is 4.93. The van der Waals surface area contributed by atoms with Crippen molar-refractivity contribution in [2.45, 2.75) is 5.54 Å². The summed E-state index contributed by atoms with van der Waals surface area (Å²) in [4.78, 5) is 10.9. The van der Waals surface area contributed by atoms with Crippen molar-refractivity contribution in [2.24, 2.45) is 5.73 Å². The fourth-order valence-corrected chi connectivity index (χ4v) is 2.87. The zero-order valence-electron chi connectivity index (χ0n) is 6.12. The highest BCUT2D eigenvalue weighted by Gasteiger charge is 2.50. The van der Waals surface area contributed by atoms with Gasteiger partial charge in [0.05, 0.1) is 11.5 Å². The first-order chi connectivity index (χ1) is 4.90. The highest BCUT2D eigenvalue weighted by Crippen LogP contribution is 2.20. The van der Waals surface area contributed by atoms with E-state index >= 15 is 0 Å². The van der Waals surface area contributed by atoms with Crippen LogP contribution < -0.4 is 11.1 Å². The van der Waals surface area contributed by atoms with Crippen LogP contribution in [-0.2, 0) is 14.6 Å². The molecule has 0 unspecified atom stereocenters. The molecule has 3 N–H and O–H groups in total. The highest BCUT2D eigenvalue weighted by atomic mass is 32.2. The molecule has 0 spiro atoms. The maximum Gasteiger partial charge on any atom is 0.241 e. The molecule has 0 aromatic carbocycles. The standard InChI is InChI=1S/C5H10N2O3S/c1-7-4(8)5(6)2-11(9,10)3-5/h2-3,6H2,1H3,(H,7,8). The van der Waals surface area contributed by atoms with Crippen LogP contribution in [0.2, 0.25) is 0 Å². The molecule has 64 valence electrons. The summed E-state index contributed by atoms with van der Waals surface area (Å²) < 4.78 is 21.3. The number of amides is 1. The number of hydrogen-bond acceptors (Lipinski definition) is 4. The number of nitrogens with two attached hydrogens (primary N) is 1. The minimum Gasteiger partial charge on any atom is -0.358 e. The summed E-state index contributed by atoms with van der Waals surface area (Å²) >= 11 is 0. The average molecular weight is 178 g/mol. The van der Waals surface area contributed by atoms with E-state index in [1.165, 1.54) is 7.05 Å². The molecule has 1 aliphatic rings. The minimum absolute atomic E-state index is 0.236. The van der Waals surface area contributed by atoms with Gasteiger partial charge in [-0.15, -0.1) is 0 Å². The summed E-state index contributed by atoms with van der Waals surface area (Å²) in [7, 11) is -1.60. The molecule has 1 amide bonds. The fourth-order valence-electron chi connectivity index (χ4n) is 1.12. The van der Waals surface area contributed by atoms with Crippen molar-refractivity contribution in [3.8, 4) is 0 Å². The van der Waals surface area contributed by atoms with E-state index in [1.54, 1.807) is 0 Å². The van der Waals surface area contributed by atoms with Crippen LogP contribution in [0, 0.1) is 0 Å². The van der Waals surface area contributed by atoms with Crippen LogP contribution in [-0.4, -0.2) is 38.4 Å². The van der Waals surface area contributed by atoms with Crippen LogP contribution in [0.3, 0.4) is 0 Å². The SMILES string of the molecule is CNC(=O)C1(N)CS(=O)(=O)C1. The molecule has 1 heterocycles. The quantitative estimate of drug-likeness (QED) is 0.479. The predicted molar refractivity (Wildman–Crippen MR) is 39.6 cm³/mol. The Balaban J connectivity index is 2.70. The molecule has 0 radical (unpaired) electrons. The van der Waals surface area contributed by atoms with E-state index in [2.05, 4.69) is 5.32 Å². The second-order valence-electron chi connectivity index (χ2n) is 2.77. The van der Waals surface area contributed by atoms with Gasteiger partial charge in [0.2, 0.25) is 5.91 Å². The summed E-state index contributed by atoms with van der Waals surface area (Å²) in [6, 6.07) is 0.